The summed E-state index contributed by atoms with van der Waals surface area (Å²) >= 11 is 0. The normalized spacial score (nSPS) is 14.0. The van der Waals surface area contributed by atoms with Crippen molar-refractivity contribution in [2.45, 2.75) is 0 Å². The Kier molecular flexibility index (Phi) is 5.19. The zero-order chi connectivity index (χ0) is 19.3. The minimum absolute atomic E-state index is 0.150. The molecule has 1 aromatic heterocycles. The van der Waals surface area contributed by atoms with Gasteiger partial charge >= 0.3 is 0 Å². The number of rotatable bonds is 4. The van der Waals surface area contributed by atoms with Crippen LogP contribution in [0.1, 0.15) is 10.4 Å². The fraction of sp³-hybridized carbons (Fsp3) is 0.182. The lowest BCUT2D eigenvalue weighted by atomic mass is 10.2. The lowest BCUT2D eigenvalue weighted by Gasteiger charge is -2.36. The molecular formula is C22H21FN4O. The second-order valence-electron chi connectivity index (χ2n) is 6.68. The molecule has 0 saturated carbocycles. The third-order valence-electron chi connectivity index (χ3n) is 4.84. The van der Waals surface area contributed by atoms with E-state index >= 15 is 0 Å². The van der Waals surface area contributed by atoms with Crippen LogP contribution in [0.4, 0.5) is 21.6 Å². The van der Waals surface area contributed by atoms with Gasteiger partial charge in [-0.1, -0.05) is 18.2 Å². The van der Waals surface area contributed by atoms with Gasteiger partial charge in [0.15, 0.2) is 0 Å². The van der Waals surface area contributed by atoms with Crippen molar-refractivity contribution < 1.29 is 9.18 Å². The van der Waals surface area contributed by atoms with E-state index in [9.17, 15) is 9.18 Å². The number of carbonyl (C=O) groups is 1. The van der Waals surface area contributed by atoms with Gasteiger partial charge in [-0.2, -0.15) is 0 Å². The highest BCUT2D eigenvalue weighted by atomic mass is 19.1. The van der Waals surface area contributed by atoms with E-state index in [1.165, 1.54) is 12.1 Å². The summed E-state index contributed by atoms with van der Waals surface area (Å²) < 4.78 is 13.1. The van der Waals surface area contributed by atoms with E-state index in [0.29, 0.717) is 11.3 Å². The van der Waals surface area contributed by atoms with E-state index in [1.807, 2.05) is 42.5 Å². The minimum atomic E-state index is -0.217. The largest absolute Gasteiger partial charge is 0.368 e. The number of anilines is 3. The van der Waals surface area contributed by atoms with Crippen molar-refractivity contribution in [3.63, 3.8) is 0 Å². The molecule has 2 aromatic carbocycles. The van der Waals surface area contributed by atoms with Gasteiger partial charge in [-0.05, 0) is 48.5 Å². The number of benzene rings is 2. The number of piperazine rings is 1. The molecule has 5 nitrogen and oxygen atoms in total. The first kappa shape index (κ1) is 18.0. The Morgan fingerprint density at radius 3 is 2.18 bits per heavy atom. The number of nitrogens with one attached hydrogen (secondary N) is 1. The monoisotopic (exact) mass is 376 g/mol. The van der Waals surface area contributed by atoms with Crippen LogP contribution in [0.2, 0.25) is 0 Å². The first-order valence-corrected chi connectivity index (χ1v) is 9.27. The predicted octanol–water partition coefficient (Wildman–Crippen LogP) is 3.80. The SMILES string of the molecule is O=C(Nc1ccc(N2CCN(c3ccc(F)cc3)CC2)nc1)c1ccccc1. The molecule has 3 aromatic rings. The lowest BCUT2D eigenvalue weighted by molar-refractivity contribution is 0.102. The smallest absolute Gasteiger partial charge is 0.255 e. The van der Waals surface area contributed by atoms with Gasteiger partial charge in [0, 0.05) is 37.4 Å². The van der Waals surface area contributed by atoms with Gasteiger partial charge in [0.25, 0.3) is 5.91 Å². The second-order valence-corrected chi connectivity index (χ2v) is 6.68. The molecule has 0 bridgehead atoms. The van der Waals surface area contributed by atoms with Crippen molar-refractivity contribution in [2.75, 3.05) is 41.3 Å². The third kappa shape index (κ3) is 4.11. The topological polar surface area (TPSA) is 48.5 Å². The first-order valence-electron chi connectivity index (χ1n) is 9.27. The average Bonchev–Trinajstić information content (AvgIpc) is 2.76. The van der Waals surface area contributed by atoms with Crippen LogP contribution in [0, 0.1) is 5.82 Å². The molecule has 4 rings (SSSR count). The van der Waals surface area contributed by atoms with Crippen molar-refractivity contribution in [1.29, 1.82) is 0 Å². The van der Waals surface area contributed by atoms with Gasteiger partial charge in [-0.15, -0.1) is 0 Å². The lowest BCUT2D eigenvalue weighted by Crippen LogP contribution is -2.46. The average molecular weight is 376 g/mol. The Hall–Kier alpha value is -3.41. The van der Waals surface area contributed by atoms with E-state index < -0.39 is 0 Å². The highest BCUT2D eigenvalue weighted by Gasteiger charge is 2.18. The van der Waals surface area contributed by atoms with Crippen LogP contribution in [0.3, 0.4) is 0 Å². The predicted molar refractivity (Wildman–Crippen MR) is 109 cm³/mol. The number of aromatic nitrogens is 1. The Bertz CT molecular complexity index is 921. The molecule has 2 heterocycles. The molecule has 1 fully saturated rings. The summed E-state index contributed by atoms with van der Waals surface area (Å²) in [5, 5.41) is 2.86. The fourth-order valence-corrected chi connectivity index (χ4v) is 3.29. The molecule has 0 spiro atoms. The van der Waals surface area contributed by atoms with Crippen LogP contribution in [-0.4, -0.2) is 37.1 Å². The molecular weight excluding hydrogens is 355 g/mol. The van der Waals surface area contributed by atoms with E-state index in [1.54, 1.807) is 18.3 Å². The van der Waals surface area contributed by atoms with Crippen LogP contribution < -0.4 is 15.1 Å². The number of halogens is 1. The van der Waals surface area contributed by atoms with Crippen LogP contribution in [0.5, 0.6) is 0 Å². The van der Waals surface area contributed by atoms with E-state index in [4.69, 9.17) is 0 Å². The van der Waals surface area contributed by atoms with Crippen molar-refractivity contribution in [3.8, 4) is 0 Å². The van der Waals surface area contributed by atoms with E-state index in [0.717, 1.165) is 37.7 Å². The maximum absolute atomic E-state index is 13.1. The van der Waals surface area contributed by atoms with Gasteiger partial charge in [0.2, 0.25) is 0 Å². The molecule has 1 amide bonds. The van der Waals surface area contributed by atoms with E-state index in [2.05, 4.69) is 20.1 Å². The van der Waals surface area contributed by atoms with Crippen molar-refractivity contribution in [3.05, 3.63) is 84.3 Å². The summed E-state index contributed by atoms with van der Waals surface area (Å²) in [6, 6.07) is 19.5. The zero-order valence-corrected chi connectivity index (χ0v) is 15.4. The summed E-state index contributed by atoms with van der Waals surface area (Å²) in [6.07, 6.45) is 1.68. The quantitative estimate of drug-likeness (QED) is 0.753. The molecule has 0 radical (unpaired) electrons. The zero-order valence-electron chi connectivity index (χ0n) is 15.4. The molecule has 0 unspecified atom stereocenters. The standard InChI is InChI=1S/C22H21FN4O/c23-18-6-9-20(10-7-18)26-12-14-27(15-13-26)21-11-8-19(16-24-21)25-22(28)17-4-2-1-3-5-17/h1-11,16H,12-15H2,(H,25,28). The molecule has 1 aliphatic rings. The fourth-order valence-electron chi connectivity index (χ4n) is 3.29. The van der Waals surface area contributed by atoms with Gasteiger partial charge in [0.1, 0.15) is 11.6 Å². The third-order valence-corrected chi connectivity index (χ3v) is 4.84. The Balaban J connectivity index is 1.34. The van der Waals surface area contributed by atoms with Crippen molar-refractivity contribution >= 4 is 23.1 Å². The van der Waals surface area contributed by atoms with Crippen LogP contribution in [-0.2, 0) is 0 Å². The molecule has 1 aliphatic heterocycles. The highest BCUT2D eigenvalue weighted by Crippen LogP contribution is 2.20. The molecule has 0 atom stereocenters. The number of nitrogens with zero attached hydrogens (tertiary/aromatic N) is 3. The van der Waals surface area contributed by atoms with Crippen molar-refractivity contribution in [2.24, 2.45) is 0 Å². The van der Waals surface area contributed by atoms with Crippen LogP contribution in [0.15, 0.2) is 72.9 Å². The maximum atomic E-state index is 13.1. The Morgan fingerprint density at radius 1 is 0.857 bits per heavy atom. The number of carbonyl (C=O) groups excluding carboxylic acids is 1. The van der Waals surface area contributed by atoms with E-state index in [-0.39, 0.29) is 11.7 Å². The maximum Gasteiger partial charge on any atom is 0.255 e. The van der Waals surface area contributed by atoms with Gasteiger partial charge in [-0.3, -0.25) is 4.79 Å². The van der Waals surface area contributed by atoms with Crippen LogP contribution >= 0.6 is 0 Å². The summed E-state index contributed by atoms with van der Waals surface area (Å²) in [7, 11) is 0. The molecule has 1 N–H and O–H groups in total. The van der Waals surface area contributed by atoms with Crippen LogP contribution in [0.25, 0.3) is 0 Å². The summed E-state index contributed by atoms with van der Waals surface area (Å²) in [4.78, 5) is 21.2. The molecule has 6 heteroatoms. The summed E-state index contributed by atoms with van der Waals surface area (Å²) in [6.45, 7) is 3.36. The number of pyridine rings is 1. The minimum Gasteiger partial charge on any atom is -0.368 e. The number of hydrogen-bond acceptors (Lipinski definition) is 4. The second kappa shape index (κ2) is 8.08. The van der Waals surface area contributed by atoms with Gasteiger partial charge in [-0.25, -0.2) is 9.37 Å². The molecule has 142 valence electrons. The molecule has 28 heavy (non-hydrogen) atoms. The summed E-state index contributed by atoms with van der Waals surface area (Å²) in [5.74, 6) is 0.519. The van der Waals surface area contributed by atoms with Crippen molar-refractivity contribution in [1.82, 2.24) is 4.98 Å². The molecule has 0 aliphatic carbocycles. The highest BCUT2D eigenvalue weighted by molar-refractivity contribution is 6.04. The van der Waals surface area contributed by atoms with Gasteiger partial charge in [0.05, 0.1) is 11.9 Å². The first-order chi connectivity index (χ1) is 13.7. The Morgan fingerprint density at radius 2 is 1.54 bits per heavy atom. The van der Waals surface area contributed by atoms with Gasteiger partial charge < -0.3 is 15.1 Å². The Labute approximate surface area is 163 Å². The number of hydrogen-bond donors (Lipinski definition) is 1. The number of amides is 1. The molecule has 1 saturated heterocycles. The summed E-state index contributed by atoms with van der Waals surface area (Å²) in [5.41, 5.74) is 2.32.